The predicted molar refractivity (Wildman–Crippen MR) is 73.4 cm³/mol. The van der Waals surface area contributed by atoms with Gasteiger partial charge in [-0.2, -0.15) is 0 Å². The molecule has 1 N–H and O–H groups in total. The van der Waals surface area contributed by atoms with Crippen molar-refractivity contribution >= 4 is 5.97 Å². The number of rotatable bonds is 6. The molecular weight excluding hydrogens is 242 g/mol. The fourth-order valence-electron chi connectivity index (χ4n) is 2.06. The first-order chi connectivity index (χ1) is 9.08. The first-order valence-corrected chi connectivity index (χ1v) is 6.63. The number of carbonyl (C=O) groups excluding carboxylic acids is 1. The summed E-state index contributed by atoms with van der Waals surface area (Å²) in [6.07, 6.45) is 2.24. The maximum Gasteiger partial charge on any atom is 0.326 e. The number of ether oxygens (including phenoxy) is 2. The van der Waals surface area contributed by atoms with E-state index in [1.54, 1.807) is 0 Å². The molecule has 1 atom stereocenters. The van der Waals surface area contributed by atoms with Crippen LogP contribution in [0.3, 0.4) is 0 Å². The Balaban J connectivity index is 1.94. The van der Waals surface area contributed by atoms with Gasteiger partial charge in [0.15, 0.2) is 0 Å². The molecule has 0 heterocycles. The zero-order valence-electron chi connectivity index (χ0n) is 11.7. The maximum absolute atomic E-state index is 11.7. The lowest BCUT2D eigenvalue weighted by Gasteiger charge is -2.17. The number of hydrogen-bond donors (Lipinski definition) is 1. The van der Waals surface area contributed by atoms with E-state index in [-0.39, 0.29) is 5.97 Å². The second-order valence-corrected chi connectivity index (χ2v) is 5.15. The molecule has 104 valence electrons. The van der Waals surface area contributed by atoms with Gasteiger partial charge in [-0.3, -0.25) is 10.1 Å². The molecule has 0 spiro atoms. The summed E-state index contributed by atoms with van der Waals surface area (Å²) in [5, 5.41) is 3.24. The summed E-state index contributed by atoms with van der Waals surface area (Å²) in [4.78, 5) is 11.7. The van der Waals surface area contributed by atoms with Crippen molar-refractivity contribution < 1.29 is 14.3 Å². The summed E-state index contributed by atoms with van der Waals surface area (Å²) in [5.74, 6) is 0.528. The third kappa shape index (κ3) is 4.24. The molecule has 1 unspecified atom stereocenters. The Morgan fingerprint density at radius 2 is 1.95 bits per heavy atom. The summed E-state index contributed by atoms with van der Waals surface area (Å²) in [6.45, 7) is 4.35. The van der Waals surface area contributed by atoms with E-state index in [9.17, 15) is 4.79 Å². The van der Waals surface area contributed by atoms with Crippen molar-refractivity contribution in [3.63, 3.8) is 0 Å². The van der Waals surface area contributed by atoms with Crippen LogP contribution in [0, 0.1) is 13.8 Å². The normalized spacial score (nSPS) is 15.9. The average molecular weight is 263 g/mol. The second-order valence-electron chi connectivity index (χ2n) is 5.15. The Labute approximate surface area is 114 Å². The lowest BCUT2D eigenvalue weighted by molar-refractivity contribution is -0.144. The predicted octanol–water partition coefficient (Wildman–Crippen LogP) is 1.98. The number of carbonyl (C=O) groups is 1. The first-order valence-electron chi connectivity index (χ1n) is 6.63. The summed E-state index contributed by atoms with van der Waals surface area (Å²) in [7, 11) is 1.40. The van der Waals surface area contributed by atoms with Gasteiger partial charge in [0.1, 0.15) is 18.4 Å². The molecule has 0 aromatic heterocycles. The van der Waals surface area contributed by atoms with Crippen LogP contribution in [0.5, 0.6) is 5.75 Å². The zero-order chi connectivity index (χ0) is 13.8. The number of aryl methyl sites for hydroxylation is 2. The number of hydrogen-bond acceptors (Lipinski definition) is 4. The highest BCUT2D eigenvalue weighted by Crippen LogP contribution is 2.20. The van der Waals surface area contributed by atoms with Crippen molar-refractivity contribution in [3.8, 4) is 5.75 Å². The van der Waals surface area contributed by atoms with Crippen molar-refractivity contribution in [1.82, 2.24) is 5.32 Å². The monoisotopic (exact) mass is 263 g/mol. The van der Waals surface area contributed by atoms with Crippen LogP contribution in [0.25, 0.3) is 0 Å². The van der Waals surface area contributed by atoms with E-state index in [0.717, 1.165) is 29.7 Å². The van der Waals surface area contributed by atoms with E-state index >= 15 is 0 Å². The van der Waals surface area contributed by atoms with Gasteiger partial charge in [0.05, 0.1) is 7.11 Å². The summed E-state index contributed by atoms with van der Waals surface area (Å²) >= 11 is 0. The quantitative estimate of drug-likeness (QED) is 0.797. The molecule has 4 nitrogen and oxygen atoms in total. The number of methoxy groups -OCH3 is 1. The van der Waals surface area contributed by atoms with Crippen LogP contribution in [0.2, 0.25) is 0 Å². The van der Waals surface area contributed by atoms with Crippen LogP contribution in [-0.4, -0.2) is 31.8 Å². The lowest BCUT2D eigenvalue weighted by Crippen LogP contribution is -2.43. The molecule has 1 saturated carbocycles. The Hall–Kier alpha value is -1.55. The van der Waals surface area contributed by atoms with Gasteiger partial charge < -0.3 is 9.47 Å². The minimum atomic E-state index is -0.390. The van der Waals surface area contributed by atoms with Gasteiger partial charge in [-0.1, -0.05) is 6.07 Å². The highest BCUT2D eigenvalue weighted by molar-refractivity contribution is 5.76. The topological polar surface area (TPSA) is 47.6 Å². The van der Waals surface area contributed by atoms with Gasteiger partial charge in [-0.05, 0) is 49.9 Å². The van der Waals surface area contributed by atoms with E-state index in [0.29, 0.717) is 12.6 Å². The Bertz CT molecular complexity index is 434. The smallest absolute Gasteiger partial charge is 0.326 e. The van der Waals surface area contributed by atoms with Gasteiger partial charge in [-0.15, -0.1) is 0 Å². The van der Waals surface area contributed by atoms with E-state index in [1.165, 1.54) is 7.11 Å². The molecule has 0 saturated heterocycles. The molecule has 1 aromatic carbocycles. The van der Waals surface area contributed by atoms with Crippen LogP contribution >= 0.6 is 0 Å². The van der Waals surface area contributed by atoms with E-state index in [2.05, 4.69) is 11.4 Å². The minimum Gasteiger partial charge on any atom is -0.491 e. The van der Waals surface area contributed by atoms with E-state index in [1.807, 2.05) is 26.0 Å². The van der Waals surface area contributed by atoms with Crippen molar-refractivity contribution in [2.45, 2.75) is 38.8 Å². The fourth-order valence-corrected chi connectivity index (χ4v) is 2.06. The SMILES string of the molecule is COC(=O)C(COc1cc(C)cc(C)c1)NC1CC1. The van der Waals surface area contributed by atoms with Crippen molar-refractivity contribution in [2.75, 3.05) is 13.7 Å². The number of benzene rings is 1. The van der Waals surface area contributed by atoms with E-state index < -0.39 is 6.04 Å². The number of esters is 1. The van der Waals surface area contributed by atoms with Crippen LogP contribution in [0.4, 0.5) is 0 Å². The maximum atomic E-state index is 11.7. The van der Waals surface area contributed by atoms with Crippen molar-refractivity contribution in [3.05, 3.63) is 29.3 Å². The van der Waals surface area contributed by atoms with Gasteiger partial charge in [0.2, 0.25) is 0 Å². The molecule has 1 aromatic rings. The third-order valence-electron chi connectivity index (χ3n) is 3.11. The molecule has 0 bridgehead atoms. The Morgan fingerprint density at radius 3 is 2.47 bits per heavy atom. The van der Waals surface area contributed by atoms with Crippen LogP contribution in [0.15, 0.2) is 18.2 Å². The van der Waals surface area contributed by atoms with Gasteiger partial charge in [0, 0.05) is 6.04 Å². The van der Waals surface area contributed by atoms with Crippen molar-refractivity contribution in [1.29, 1.82) is 0 Å². The summed E-state index contributed by atoms with van der Waals surface area (Å²) in [6, 6.07) is 6.08. The zero-order valence-corrected chi connectivity index (χ0v) is 11.7. The molecule has 0 aliphatic heterocycles. The molecular formula is C15H21NO3. The molecule has 19 heavy (non-hydrogen) atoms. The van der Waals surface area contributed by atoms with Crippen LogP contribution in [-0.2, 0) is 9.53 Å². The van der Waals surface area contributed by atoms with E-state index in [4.69, 9.17) is 9.47 Å². The average Bonchev–Trinajstić information content (AvgIpc) is 3.16. The second kappa shape index (κ2) is 6.06. The van der Waals surface area contributed by atoms with Gasteiger partial charge >= 0.3 is 5.97 Å². The Kier molecular flexibility index (Phi) is 4.43. The third-order valence-corrected chi connectivity index (χ3v) is 3.11. The largest absolute Gasteiger partial charge is 0.491 e. The van der Waals surface area contributed by atoms with Crippen LogP contribution in [0.1, 0.15) is 24.0 Å². The van der Waals surface area contributed by atoms with Gasteiger partial charge in [0.25, 0.3) is 0 Å². The Morgan fingerprint density at radius 1 is 1.32 bits per heavy atom. The molecule has 4 heteroatoms. The molecule has 1 aliphatic rings. The molecule has 0 amide bonds. The molecule has 1 aliphatic carbocycles. The minimum absolute atomic E-state index is 0.267. The van der Waals surface area contributed by atoms with Crippen molar-refractivity contribution in [2.24, 2.45) is 0 Å². The lowest BCUT2D eigenvalue weighted by atomic mass is 10.1. The number of nitrogens with one attached hydrogen (secondary N) is 1. The fraction of sp³-hybridized carbons (Fsp3) is 0.533. The highest BCUT2D eigenvalue weighted by atomic mass is 16.5. The molecule has 1 fully saturated rings. The van der Waals surface area contributed by atoms with Gasteiger partial charge in [-0.25, -0.2) is 0 Å². The molecule has 2 rings (SSSR count). The highest BCUT2D eigenvalue weighted by Gasteiger charge is 2.29. The van der Waals surface area contributed by atoms with Crippen LogP contribution < -0.4 is 10.1 Å². The summed E-state index contributed by atoms with van der Waals surface area (Å²) < 4.78 is 10.5. The molecule has 0 radical (unpaired) electrons. The standard InChI is InChI=1S/C15H21NO3/c1-10-6-11(2)8-13(7-10)19-9-14(15(17)18-3)16-12-4-5-12/h6-8,12,14,16H,4-5,9H2,1-3H3. The first kappa shape index (κ1) is 13.9. The summed E-state index contributed by atoms with van der Waals surface area (Å²) in [5.41, 5.74) is 2.31.